The molecule has 0 spiro atoms. The van der Waals surface area contributed by atoms with Crippen LogP contribution in [0.1, 0.15) is 24.7 Å². The third-order valence-corrected chi connectivity index (χ3v) is 5.34. The number of aliphatic imine (C=N–C) groups is 1. The Morgan fingerprint density at radius 3 is 2.76 bits per heavy atom. The van der Waals surface area contributed by atoms with Gasteiger partial charge in [-0.2, -0.15) is 0 Å². The quantitative estimate of drug-likeness (QED) is 0.301. The van der Waals surface area contributed by atoms with E-state index >= 15 is 0 Å². The molecule has 1 saturated heterocycles. The van der Waals surface area contributed by atoms with Crippen molar-refractivity contribution in [1.29, 1.82) is 0 Å². The van der Waals surface area contributed by atoms with Crippen molar-refractivity contribution in [1.82, 2.24) is 20.2 Å². The second kappa shape index (κ2) is 10.6. The summed E-state index contributed by atoms with van der Waals surface area (Å²) < 4.78 is 0. The molecule has 1 aliphatic rings. The molecule has 154 valence electrons. The summed E-state index contributed by atoms with van der Waals surface area (Å²) in [4.78, 5) is 15.3. The molecule has 1 unspecified atom stereocenters. The number of para-hydroxylation sites is 2. The number of halogens is 1. The lowest BCUT2D eigenvalue weighted by Crippen LogP contribution is -2.40. The van der Waals surface area contributed by atoms with Crippen molar-refractivity contribution in [2.45, 2.75) is 26.2 Å². The van der Waals surface area contributed by atoms with E-state index in [-0.39, 0.29) is 24.0 Å². The van der Waals surface area contributed by atoms with Crippen LogP contribution in [-0.2, 0) is 12.8 Å². The molecule has 0 amide bonds. The third-order valence-electron chi connectivity index (χ3n) is 5.34. The number of guanidine groups is 1. The number of aromatic nitrogens is 2. The molecule has 2 heterocycles. The van der Waals surface area contributed by atoms with Crippen LogP contribution >= 0.6 is 24.0 Å². The van der Waals surface area contributed by atoms with Gasteiger partial charge in [0.15, 0.2) is 5.96 Å². The Kier molecular flexibility index (Phi) is 7.91. The van der Waals surface area contributed by atoms with Gasteiger partial charge in [-0.1, -0.05) is 42.5 Å². The Hall–Kier alpha value is -2.09. The molecule has 1 aliphatic heterocycles. The van der Waals surface area contributed by atoms with Gasteiger partial charge in [0, 0.05) is 32.6 Å². The van der Waals surface area contributed by atoms with E-state index in [0.29, 0.717) is 5.92 Å². The number of hydrogen-bond donors (Lipinski definition) is 2. The van der Waals surface area contributed by atoms with E-state index in [4.69, 9.17) is 4.99 Å². The second-order valence-corrected chi connectivity index (χ2v) is 7.48. The number of aromatic amines is 1. The van der Waals surface area contributed by atoms with Gasteiger partial charge < -0.3 is 15.2 Å². The zero-order valence-corrected chi connectivity index (χ0v) is 19.3. The van der Waals surface area contributed by atoms with Crippen LogP contribution in [-0.4, -0.2) is 47.0 Å². The summed E-state index contributed by atoms with van der Waals surface area (Å²) in [6, 6.07) is 19.0. The first-order valence-corrected chi connectivity index (χ1v) is 10.3. The minimum atomic E-state index is 0. The molecule has 2 N–H and O–H groups in total. The average molecular weight is 503 g/mol. The Morgan fingerprint density at radius 2 is 1.97 bits per heavy atom. The number of nitrogens with one attached hydrogen (secondary N) is 2. The predicted octanol–water partition coefficient (Wildman–Crippen LogP) is 4.25. The van der Waals surface area contributed by atoms with Crippen LogP contribution < -0.4 is 5.32 Å². The van der Waals surface area contributed by atoms with Crippen molar-refractivity contribution in [3.63, 3.8) is 0 Å². The van der Waals surface area contributed by atoms with Crippen molar-refractivity contribution in [2.75, 3.05) is 26.2 Å². The molecule has 0 saturated carbocycles. The maximum Gasteiger partial charge on any atom is 0.193 e. The summed E-state index contributed by atoms with van der Waals surface area (Å²) in [5, 5.41) is 3.47. The SMILES string of the molecule is CCNC(=NCCc1nc2ccccc2[nH]1)N1CCC(Cc2ccccc2)C1.I. The van der Waals surface area contributed by atoms with Gasteiger partial charge >= 0.3 is 0 Å². The van der Waals surface area contributed by atoms with Gasteiger partial charge in [-0.25, -0.2) is 4.98 Å². The summed E-state index contributed by atoms with van der Waals surface area (Å²) in [7, 11) is 0. The van der Waals surface area contributed by atoms with Gasteiger partial charge in [-0.3, -0.25) is 4.99 Å². The maximum atomic E-state index is 4.87. The van der Waals surface area contributed by atoms with E-state index in [9.17, 15) is 0 Å². The molecule has 3 aromatic rings. The first kappa shape index (κ1) is 21.6. The fourth-order valence-corrected chi connectivity index (χ4v) is 3.96. The van der Waals surface area contributed by atoms with Gasteiger partial charge in [0.25, 0.3) is 0 Å². The molecule has 5 nitrogen and oxygen atoms in total. The highest BCUT2D eigenvalue weighted by Crippen LogP contribution is 2.21. The van der Waals surface area contributed by atoms with Crippen LogP contribution in [0.5, 0.6) is 0 Å². The maximum absolute atomic E-state index is 4.87. The fourth-order valence-electron chi connectivity index (χ4n) is 3.96. The Morgan fingerprint density at radius 1 is 1.17 bits per heavy atom. The van der Waals surface area contributed by atoms with Crippen LogP contribution in [0.25, 0.3) is 11.0 Å². The predicted molar refractivity (Wildman–Crippen MR) is 131 cm³/mol. The molecule has 4 rings (SSSR count). The first-order valence-electron chi connectivity index (χ1n) is 10.3. The minimum absolute atomic E-state index is 0. The van der Waals surface area contributed by atoms with Crippen molar-refractivity contribution in [3.8, 4) is 0 Å². The van der Waals surface area contributed by atoms with Gasteiger partial charge in [-0.05, 0) is 43.4 Å². The lowest BCUT2D eigenvalue weighted by molar-refractivity contribution is 0.460. The number of nitrogens with zero attached hydrogens (tertiary/aromatic N) is 3. The van der Waals surface area contributed by atoms with Gasteiger partial charge in [0.2, 0.25) is 0 Å². The highest BCUT2D eigenvalue weighted by Gasteiger charge is 2.24. The molecule has 0 radical (unpaired) electrons. The number of fused-ring (bicyclic) bond motifs is 1. The third kappa shape index (κ3) is 5.72. The molecule has 1 atom stereocenters. The van der Waals surface area contributed by atoms with Gasteiger partial charge in [0.1, 0.15) is 5.82 Å². The van der Waals surface area contributed by atoms with E-state index in [2.05, 4.69) is 63.5 Å². The van der Waals surface area contributed by atoms with Crippen molar-refractivity contribution < 1.29 is 0 Å². The van der Waals surface area contributed by atoms with Crippen LogP contribution in [0.4, 0.5) is 0 Å². The Bertz CT molecular complexity index is 888. The summed E-state index contributed by atoms with van der Waals surface area (Å²) in [6.45, 7) is 5.91. The molecular formula is C23H30IN5. The van der Waals surface area contributed by atoms with E-state index in [1.165, 1.54) is 12.0 Å². The molecule has 0 bridgehead atoms. The molecule has 1 aromatic heterocycles. The van der Waals surface area contributed by atoms with Crippen LogP contribution in [0, 0.1) is 5.92 Å². The van der Waals surface area contributed by atoms with Crippen molar-refractivity contribution >= 4 is 41.0 Å². The van der Waals surface area contributed by atoms with Gasteiger partial charge in [0.05, 0.1) is 11.0 Å². The fraction of sp³-hybridized carbons (Fsp3) is 0.391. The summed E-state index contributed by atoms with van der Waals surface area (Å²) >= 11 is 0. The number of rotatable bonds is 6. The average Bonchev–Trinajstić information content (AvgIpc) is 3.34. The first-order chi connectivity index (χ1) is 13.8. The number of imidazole rings is 1. The number of hydrogen-bond acceptors (Lipinski definition) is 2. The van der Waals surface area contributed by atoms with Crippen LogP contribution in [0.2, 0.25) is 0 Å². The Balaban J connectivity index is 0.00000240. The van der Waals surface area contributed by atoms with E-state index in [1.54, 1.807) is 0 Å². The summed E-state index contributed by atoms with van der Waals surface area (Å²) in [5.41, 5.74) is 3.55. The molecule has 2 aromatic carbocycles. The molecule has 6 heteroatoms. The standard InChI is InChI=1S/C23H29N5.HI/c1-2-24-23(25-14-12-22-26-20-10-6-7-11-21(20)27-22)28-15-13-19(17-28)16-18-8-4-3-5-9-18;/h3-11,19H,2,12-17H2,1H3,(H,24,25)(H,26,27);1H. The zero-order chi connectivity index (χ0) is 19.2. The smallest absolute Gasteiger partial charge is 0.193 e. The summed E-state index contributed by atoms with van der Waals surface area (Å²) in [5.74, 6) is 2.74. The van der Waals surface area contributed by atoms with Gasteiger partial charge in [-0.15, -0.1) is 24.0 Å². The molecular weight excluding hydrogens is 473 g/mol. The van der Waals surface area contributed by atoms with E-state index in [1.807, 2.05) is 18.2 Å². The number of likely N-dealkylation sites (tertiary alicyclic amines) is 1. The topological polar surface area (TPSA) is 56.3 Å². The summed E-state index contributed by atoms with van der Waals surface area (Å²) in [6.07, 6.45) is 3.20. The van der Waals surface area contributed by atoms with Crippen molar-refractivity contribution in [3.05, 3.63) is 66.0 Å². The second-order valence-electron chi connectivity index (χ2n) is 7.48. The molecule has 29 heavy (non-hydrogen) atoms. The lowest BCUT2D eigenvalue weighted by Gasteiger charge is -2.21. The highest BCUT2D eigenvalue weighted by molar-refractivity contribution is 14.0. The minimum Gasteiger partial charge on any atom is -0.357 e. The number of benzene rings is 2. The lowest BCUT2D eigenvalue weighted by atomic mass is 9.99. The van der Waals surface area contributed by atoms with E-state index < -0.39 is 0 Å². The van der Waals surface area contributed by atoms with Crippen molar-refractivity contribution in [2.24, 2.45) is 10.9 Å². The van der Waals surface area contributed by atoms with Crippen LogP contribution in [0.15, 0.2) is 59.6 Å². The molecule has 1 fully saturated rings. The highest BCUT2D eigenvalue weighted by atomic mass is 127. The van der Waals surface area contributed by atoms with Crippen LogP contribution in [0.3, 0.4) is 0 Å². The Labute approximate surface area is 190 Å². The zero-order valence-electron chi connectivity index (χ0n) is 17.0. The monoisotopic (exact) mass is 503 g/mol. The normalized spacial score (nSPS) is 16.8. The molecule has 0 aliphatic carbocycles. The largest absolute Gasteiger partial charge is 0.357 e. The number of H-pyrrole nitrogens is 1. The van der Waals surface area contributed by atoms with E-state index in [0.717, 1.165) is 61.8 Å².